The van der Waals surface area contributed by atoms with Crippen molar-refractivity contribution >= 4 is 6.03 Å². The topological polar surface area (TPSA) is 89.1 Å². The van der Waals surface area contributed by atoms with Crippen LogP contribution in [0.25, 0.3) is 0 Å². The second-order valence-electron chi connectivity index (χ2n) is 7.19. The van der Waals surface area contributed by atoms with E-state index < -0.39 is 0 Å². The van der Waals surface area contributed by atoms with Crippen LogP contribution in [0.5, 0.6) is 0 Å². The molecule has 8 heteroatoms. The monoisotopic (exact) mass is 358 g/mol. The molecule has 0 aromatic carbocycles. The maximum Gasteiger partial charge on any atom is 0.317 e. The fourth-order valence-electron chi connectivity index (χ4n) is 3.97. The fraction of sp³-hybridized carbons (Fsp3) is 0.667. The molecule has 0 spiro atoms. The lowest BCUT2D eigenvalue weighted by Gasteiger charge is -2.23. The molecule has 1 atom stereocenters. The molecule has 140 valence electrons. The number of amides is 2. The molecule has 1 fully saturated rings. The molecule has 0 aliphatic carbocycles. The van der Waals surface area contributed by atoms with Gasteiger partial charge in [0.25, 0.3) is 0 Å². The van der Waals surface area contributed by atoms with Crippen LogP contribution >= 0.6 is 0 Å². The van der Waals surface area contributed by atoms with Gasteiger partial charge < -0.3 is 19.3 Å². The molecular formula is C18H26N6O2. The van der Waals surface area contributed by atoms with Crippen LogP contribution in [-0.2, 0) is 19.4 Å². The van der Waals surface area contributed by atoms with E-state index in [0.29, 0.717) is 13.0 Å². The van der Waals surface area contributed by atoms with Crippen molar-refractivity contribution in [1.82, 2.24) is 30.1 Å². The average molecular weight is 358 g/mol. The number of fused-ring (bicyclic) bond motifs is 1. The van der Waals surface area contributed by atoms with Gasteiger partial charge in [0.2, 0.25) is 0 Å². The Balaban J connectivity index is 1.33. The Morgan fingerprint density at radius 1 is 1.27 bits per heavy atom. The van der Waals surface area contributed by atoms with Gasteiger partial charge in [-0.1, -0.05) is 11.6 Å². The zero-order valence-electron chi connectivity index (χ0n) is 15.3. The van der Waals surface area contributed by atoms with E-state index in [1.165, 1.54) is 19.3 Å². The predicted octanol–water partition coefficient (Wildman–Crippen LogP) is 2.39. The fourth-order valence-corrected chi connectivity index (χ4v) is 3.97. The van der Waals surface area contributed by atoms with Crippen molar-refractivity contribution in [2.24, 2.45) is 0 Å². The molecule has 0 bridgehead atoms. The Bertz CT molecular complexity index is 768. The first-order chi connectivity index (χ1) is 12.7. The van der Waals surface area contributed by atoms with E-state index in [-0.39, 0.29) is 12.1 Å². The second-order valence-corrected chi connectivity index (χ2v) is 7.19. The van der Waals surface area contributed by atoms with Crippen LogP contribution in [-0.4, -0.2) is 43.9 Å². The third-order valence-electron chi connectivity index (χ3n) is 5.31. The normalized spacial score (nSPS) is 20.0. The van der Waals surface area contributed by atoms with Crippen LogP contribution < -0.4 is 5.32 Å². The van der Waals surface area contributed by atoms with Gasteiger partial charge in [-0.05, 0) is 32.6 Å². The summed E-state index contributed by atoms with van der Waals surface area (Å²) in [4.78, 5) is 14.5. The van der Waals surface area contributed by atoms with Gasteiger partial charge >= 0.3 is 6.03 Å². The van der Waals surface area contributed by atoms with E-state index in [9.17, 15) is 4.79 Å². The number of carbonyl (C=O) groups is 1. The summed E-state index contributed by atoms with van der Waals surface area (Å²) in [5.41, 5.74) is 0.845. The number of hydrogen-bond acceptors (Lipinski definition) is 5. The van der Waals surface area contributed by atoms with E-state index in [2.05, 4.69) is 25.2 Å². The largest absolute Gasteiger partial charge is 0.361 e. The Morgan fingerprint density at radius 2 is 2.19 bits per heavy atom. The molecule has 0 saturated carbocycles. The van der Waals surface area contributed by atoms with Crippen molar-refractivity contribution in [2.75, 3.05) is 13.1 Å². The molecular weight excluding hydrogens is 332 g/mol. The minimum atomic E-state index is -0.0382. The van der Waals surface area contributed by atoms with Gasteiger partial charge in [0.1, 0.15) is 23.1 Å². The molecule has 8 nitrogen and oxygen atoms in total. The maximum atomic E-state index is 12.6. The highest BCUT2D eigenvalue weighted by Gasteiger charge is 2.32. The molecule has 2 aliphatic rings. The van der Waals surface area contributed by atoms with E-state index in [1.54, 1.807) is 0 Å². The first kappa shape index (κ1) is 17.1. The first-order valence-corrected chi connectivity index (χ1v) is 9.61. The van der Waals surface area contributed by atoms with E-state index >= 15 is 0 Å². The Hall–Kier alpha value is -2.38. The van der Waals surface area contributed by atoms with Crippen LogP contribution in [0, 0.1) is 6.92 Å². The molecule has 0 unspecified atom stereocenters. The summed E-state index contributed by atoms with van der Waals surface area (Å²) < 4.78 is 7.40. The van der Waals surface area contributed by atoms with Crippen LogP contribution in [0.4, 0.5) is 4.79 Å². The Kier molecular flexibility index (Phi) is 4.90. The van der Waals surface area contributed by atoms with Crippen molar-refractivity contribution in [1.29, 1.82) is 0 Å². The number of aromatic nitrogens is 4. The predicted molar refractivity (Wildman–Crippen MR) is 94.6 cm³/mol. The number of nitrogens with one attached hydrogen (secondary N) is 1. The van der Waals surface area contributed by atoms with Crippen LogP contribution in [0.2, 0.25) is 0 Å². The molecule has 2 aromatic rings. The summed E-state index contributed by atoms with van der Waals surface area (Å²) in [6.07, 6.45) is 7.24. The smallest absolute Gasteiger partial charge is 0.317 e. The number of aryl methyl sites for hydroxylation is 2. The highest BCUT2D eigenvalue weighted by molar-refractivity contribution is 5.75. The van der Waals surface area contributed by atoms with Crippen LogP contribution in [0.15, 0.2) is 10.6 Å². The molecule has 4 heterocycles. The lowest BCUT2D eigenvalue weighted by Crippen LogP contribution is -2.40. The number of rotatable bonds is 4. The van der Waals surface area contributed by atoms with Gasteiger partial charge in [0, 0.05) is 38.5 Å². The standard InChI is InChI=1S/C18H26N6O2/c1-13-12-14(22-26-13)15-6-5-11-23(15)18(25)19-9-8-17-21-20-16-7-3-2-4-10-24(16)17/h12,15H,2-11H2,1H3,(H,19,25)/t15-/m1/s1. The molecule has 26 heavy (non-hydrogen) atoms. The van der Waals surface area contributed by atoms with Gasteiger partial charge in [0.05, 0.1) is 6.04 Å². The first-order valence-electron chi connectivity index (χ1n) is 9.61. The molecule has 1 saturated heterocycles. The number of urea groups is 1. The Labute approximate surface area is 152 Å². The number of carbonyl (C=O) groups excluding carboxylic acids is 1. The summed E-state index contributed by atoms with van der Waals surface area (Å²) in [7, 11) is 0. The van der Waals surface area contributed by atoms with Gasteiger partial charge in [-0.25, -0.2) is 4.79 Å². The lowest BCUT2D eigenvalue weighted by molar-refractivity contribution is 0.191. The van der Waals surface area contributed by atoms with Gasteiger partial charge in [-0.2, -0.15) is 0 Å². The molecule has 2 aromatic heterocycles. The highest BCUT2D eigenvalue weighted by Crippen LogP contribution is 2.31. The Morgan fingerprint density at radius 3 is 3.04 bits per heavy atom. The minimum absolute atomic E-state index is 0.0109. The van der Waals surface area contributed by atoms with E-state index in [4.69, 9.17) is 4.52 Å². The number of nitrogens with zero attached hydrogens (tertiary/aromatic N) is 5. The number of hydrogen-bond donors (Lipinski definition) is 1. The molecule has 0 radical (unpaired) electrons. The molecule has 2 amide bonds. The van der Waals surface area contributed by atoms with Crippen molar-refractivity contribution in [3.8, 4) is 0 Å². The SMILES string of the molecule is Cc1cc([C@H]2CCCN2C(=O)NCCc2nnc3n2CCCCC3)no1. The lowest BCUT2D eigenvalue weighted by atomic mass is 10.1. The van der Waals surface area contributed by atoms with E-state index in [1.807, 2.05) is 17.9 Å². The zero-order valence-corrected chi connectivity index (χ0v) is 15.3. The van der Waals surface area contributed by atoms with Crippen molar-refractivity contribution < 1.29 is 9.32 Å². The second kappa shape index (κ2) is 7.47. The summed E-state index contributed by atoms with van der Waals surface area (Å²) in [5, 5.41) is 15.8. The summed E-state index contributed by atoms with van der Waals surface area (Å²) in [5.74, 6) is 2.84. The van der Waals surface area contributed by atoms with Crippen LogP contribution in [0.3, 0.4) is 0 Å². The van der Waals surface area contributed by atoms with Crippen molar-refractivity contribution in [3.63, 3.8) is 0 Å². The molecule has 4 rings (SSSR count). The third-order valence-corrected chi connectivity index (χ3v) is 5.31. The maximum absolute atomic E-state index is 12.6. The van der Waals surface area contributed by atoms with Crippen LogP contribution in [0.1, 0.15) is 61.2 Å². The minimum Gasteiger partial charge on any atom is -0.361 e. The van der Waals surface area contributed by atoms with E-state index in [0.717, 1.165) is 55.5 Å². The van der Waals surface area contributed by atoms with Gasteiger partial charge in [-0.15, -0.1) is 10.2 Å². The van der Waals surface area contributed by atoms with Gasteiger partial charge in [-0.3, -0.25) is 0 Å². The quantitative estimate of drug-likeness (QED) is 0.906. The molecule has 1 N–H and O–H groups in total. The van der Waals surface area contributed by atoms with Crippen molar-refractivity contribution in [2.45, 2.75) is 64.5 Å². The summed E-state index contributed by atoms with van der Waals surface area (Å²) in [6.45, 7) is 4.18. The van der Waals surface area contributed by atoms with Gasteiger partial charge in [0.15, 0.2) is 0 Å². The number of likely N-dealkylation sites (tertiary alicyclic amines) is 1. The third kappa shape index (κ3) is 3.45. The molecule has 2 aliphatic heterocycles. The summed E-state index contributed by atoms with van der Waals surface area (Å²) >= 11 is 0. The summed E-state index contributed by atoms with van der Waals surface area (Å²) in [6, 6.07) is 1.89. The van der Waals surface area contributed by atoms with Crippen molar-refractivity contribution in [3.05, 3.63) is 29.2 Å². The highest BCUT2D eigenvalue weighted by atomic mass is 16.5. The average Bonchev–Trinajstić information content (AvgIpc) is 3.32. The zero-order chi connectivity index (χ0) is 17.9.